The molecule has 26 heavy (non-hydrogen) atoms. The van der Waals surface area contributed by atoms with Crippen molar-refractivity contribution in [2.24, 2.45) is 10.9 Å². The highest BCUT2D eigenvalue weighted by Gasteiger charge is 2.31. The molecule has 0 radical (unpaired) electrons. The Labute approximate surface area is 176 Å². The van der Waals surface area contributed by atoms with Crippen molar-refractivity contribution in [2.45, 2.75) is 46.2 Å². The Bertz CT molecular complexity index is 520. The summed E-state index contributed by atoms with van der Waals surface area (Å²) in [5.41, 5.74) is 1.17. The van der Waals surface area contributed by atoms with Gasteiger partial charge in [-0.25, -0.2) is 0 Å². The lowest BCUT2D eigenvalue weighted by atomic mass is 10.1. The minimum absolute atomic E-state index is 0. The maximum Gasteiger partial charge on any atom is 0.191 e. The van der Waals surface area contributed by atoms with Gasteiger partial charge < -0.3 is 16.0 Å². The summed E-state index contributed by atoms with van der Waals surface area (Å²) in [6, 6.07) is 11.4. The lowest BCUT2D eigenvalue weighted by molar-refractivity contribution is 0.265. The summed E-state index contributed by atoms with van der Waals surface area (Å²) >= 11 is 0. The fourth-order valence-corrected chi connectivity index (χ4v) is 3.17. The van der Waals surface area contributed by atoms with Gasteiger partial charge in [-0.3, -0.25) is 9.89 Å². The number of hydrogen-bond donors (Lipinski definition) is 3. The van der Waals surface area contributed by atoms with Gasteiger partial charge in [0.1, 0.15) is 0 Å². The first-order chi connectivity index (χ1) is 12.1. The highest BCUT2D eigenvalue weighted by molar-refractivity contribution is 14.0. The maximum absolute atomic E-state index is 4.75. The van der Waals surface area contributed by atoms with E-state index in [1.165, 1.54) is 5.69 Å². The normalized spacial score (nSPS) is 20.7. The highest BCUT2D eigenvalue weighted by atomic mass is 127. The summed E-state index contributed by atoms with van der Waals surface area (Å²) in [7, 11) is 0. The summed E-state index contributed by atoms with van der Waals surface area (Å²) in [5, 5.41) is 10.5. The molecule has 2 unspecified atom stereocenters. The third-order valence-electron chi connectivity index (χ3n) is 4.74. The average molecular weight is 473 g/mol. The Morgan fingerprint density at radius 1 is 1.23 bits per heavy atom. The molecule has 2 rings (SSSR count). The van der Waals surface area contributed by atoms with Crippen molar-refractivity contribution in [1.29, 1.82) is 0 Å². The summed E-state index contributed by atoms with van der Waals surface area (Å²) in [5.74, 6) is 1.59. The van der Waals surface area contributed by atoms with Crippen LogP contribution in [0.25, 0.3) is 0 Å². The number of guanidine groups is 1. The third-order valence-corrected chi connectivity index (χ3v) is 4.74. The molecule has 3 N–H and O–H groups in total. The monoisotopic (exact) mass is 473 g/mol. The molecule has 0 aromatic heterocycles. The molecule has 2 atom stereocenters. The van der Waals surface area contributed by atoms with E-state index in [1.807, 2.05) is 6.07 Å². The van der Waals surface area contributed by atoms with E-state index in [-0.39, 0.29) is 24.0 Å². The number of benzene rings is 1. The fraction of sp³-hybridized carbons (Fsp3) is 0.650. The van der Waals surface area contributed by atoms with E-state index in [1.54, 1.807) is 0 Å². The van der Waals surface area contributed by atoms with E-state index in [2.05, 4.69) is 72.8 Å². The molecule has 1 aromatic rings. The first-order valence-electron chi connectivity index (χ1n) is 9.68. The van der Waals surface area contributed by atoms with Crippen molar-refractivity contribution in [3.05, 3.63) is 30.3 Å². The molecule has 1 aromatic carbocycles. The molecule has 0 aliphatic carbocycles. The predicted molar refractivity (Wildman–Crippen MR) is 124 cm³/mol. The molecule has 1 fully saturated rings. The van der Waals surface area contributed by atoms with Crippen LogP contribution < -0.4 is 16.0 Å². The molecular formula is C20H36IN5. The smallest absolute Gasteiger partial charge is 0.191 e. The van der Waals surface area contributed by atoms with Crippen molar-refractivity contribution in [2.75, 3.05) is 38.0 Å². The van der Waals surface area contributed by atoms with E-state index < -0.39 is 0 Å². The van der Waals surface area contributed by atoms with Gasteiger partial charge in [-0.2, -0.15) is 0 Å². The van der Waals surface area contributed by atoms with Gasteiger partial charge in [0.15, 0.2) is 5.96 Å². The number of aliphatic imine (C=N–C) groups is 1. The van der Waals surface area contributed by atoms with E-state index in [0.717, 1.165) is 45.1 Å². The van der Waals surface area contributed by atoms with Crippen LogP contribution in [0, 0.1) is 5.92 Å². The Morgan fingerprint density at radius 3 is 2.58 bits per heavy atom. The molecule has 0 spiro atoms. The van der Waals surface area contributed by atoms with Gasteiger partial charge in [0, 0.05) is 50.5 Å². The molecule has 1 aliphatic heterocycles. The van der Waals surface area contributed by atoms with Crippen molar-refractivity contribution >= 4 is 35.6 Å². The van der Waals surface area contributed by atoms with Crippen LogP contribution in [-0.2, 0) is 0 Å². The highest BCUT2D eigenvalue weighted by Crippen LogP contribution is 2.18. The van der Waals surface area contributed by atoms with E-state index in [9.17, 15) is 0 Å². The first kappa shape index (κ1) is 23.0. The molecule has 0 saturated carbocycles. The molecular weight excluding hydrogens is 437 g/mol. The predicted octanol–water partition coefficient (Wildman–Crippen LogP) is 3.39. The Kier molecular flexibility index (Phi) is 11.0. The third kappa shape index (κ3) is 7.70. The summed E-state index contributed by atoms with van der Waals surface area (Å²) in [4.78, 5) is 7.29. The van der Waals surface area contributed by atoms with Gasteiger partial charge in [-0.15, -0.1) is 24.0 Å². The zero-order valence-corrected chi connectivity index (χ0v) is 19.0. The van der Waals surface area contributed by atoms with Crippen LogP contribution in [0.15, 0.2) is 35.3 Å². The number of rotatable bonds is 8. The molecule has 1 heterocycles. The van der Waals surface area contributed by atoms with E-state index in [0.29, 0.717) is 18.0 Å². The van der Waals surface area contributed by atoms with Crippen molar-refractivity contribution < 1.29 is 0 Å². The van der Waals surface area contributed by atoms with Gasteiger partial charge in [0.2, 0.25) is 0 Å². The lowest BCUT2D eigenvalue weighted by Crippen LogP contribution is -2.46. The second-order valence-electron chi connectivity index (χ2n) is 7.18. The van der Waals surface area contributed by atoms with Crippen LogP contribution in [0.2, 0.25) is 0 Å². The van der Waals surface area contributed by atoms with E-state index >= 15 is 0 Å². The minimum atomic E-state index is 0. The maximum atomic E-state index is 4.75. The van der Waals surface area contributed by atoms with Gasteiger partial charge in [-0.1, -0.05) is 25.1 Å². The van der Waals surface area contributed by atoms with Crippen LogP contribution in [0.1, 0.15) is 34.1 Å². The van der Waals surface area contributed by atoms with E-state index in [4.69, 9.17) is 4.99 Å². The van der Waals surface area contributed by atoms with Crippen molar-refractivity contribution in [3.8, 4) is 0 Å². The van der Waals surface area contributed by atoms with Crippen LogP contribution >= 0.6 is 24.0 Å². The summed E-state index contributed by atoms with van der Waals surface area (Å²) < 4.78 is 0. The van der Waals surface area contributed by atoms with Crippen LogP contribution in [0.5, 0.6) is 0 Å². The molecule has 1 aliphatic rings. The number of halogens is 1. The van der Waals surface area contributed by atoms with Crippen LogP contribution in [0.4, 0.5) is 5.69 Å². The number of hydrogen-bond acceptors (Lipinski definition) is 3. The SMILES string of the molecule is CCNC(=NCCCNc1ccccc1)NC1CN(C(C)C)CC1C.I. The number of para-hydroxylation sites is 1. The Morgan fingerprint density at radius 2 is 1.96 bits per heavy atom. The average Bonchev–Trinajstić information content (AvgIpc) is 2.97. The second kappa shape index (κ2) is 12.4. The van der Waals surface area contributed by atoms with Crippen LogP contribution in [-0.4, -0.2) is 55.7 Å². The fourth-order valence-electron chi connectivity index (χ4n) is 3.17. The van der Waals surface area contributed by atoms with Gasteiger partial charge in [0.05, 0.1) is 0 Å². The summed E-state index contributed by atoms with van der Waals surface area (Å²) in [6.07, 6.45) is 1.02. The Hall–Kier alpha value is -1.02. The summed E-state index contributed by atoms with van der Waals surface area (Å²) in [6.45, 7) is 13.9. The van der Waals surface area contributed by atoms with Gasteiger partial charge in [0.25, 0.3) is 0 Å². The quantitative estimate of drug-likeness (QED) is 0.235. The zero-order valence-electron chi connectivity index (χ0n) is 16.7. The molecule has 6 heteroatoms. The topological polar surface area (TPSA) is 51.7 Å². The lowest BCUT2D eigenvalue weighted by Gasteiger charge is -2.22. The van der Waals surface area contributed by atoms with Crippen molar-refractivity contribution in [1.82, 2.24) is 15.5 Å². The van der Waals surface area contributed by atoms with Gasteiger partial charge >= 0.3 is 0 Å². The van der Waals surface area contributed by atoms with Crippen molar-refractivity contribution in [3.63, 3.8) is 0 Å². The zero-order chi connectivity index (χ0) is 18.1. The molecule has 0 amide bonds. The molecule has 148 valence electrons. The first-order valence-corrected chi connectivity index (χ1v) is 9.68. The molecule has 1 saturated heterocycles. The minimum Gasteiger partial charge on any atom is -0.385 e. The molecule has 5 nitrogen and oxygen atoms in total. The number of likely N-dealkylation sites (tertiary alicyclic amines) is 1. The van der Waals surface area contributed by atoms with Crippen LogP contribution in [0.3, 0.4) is 0 Å². The van der Waals surface area contributed by atoms with Gasteiger partial charge in [-0.05, 0) is 45.2 Å². The number of nitrogens with one attached hydrogen (secondary N) is 3. The second-order valence-corrected chi connectivity index (χ2v) is 7.18. The number of anilines is 1. The number of nitrogens with zero attached hydrogens (tertiary/aromatic N) is 2. The Balaban J connectivity index is 0.00000338. The standard InChI is InChI=1S/C20H35N5.HI/c1-5-21-20(24-19-15-25(16(2)3)14-17(19)4)23-13-9-12-22-18-10-7-6-8-11-18;/h6-8,10-11,16-17,19,22H,5,9,12-15H2,1-4H3,(H2,21,23,24);1H. The largest absolute Gasteiger partial charge is 0.385 e. The molecule has 0 bridgehead atoms.